The highest BCUT2D eigenvalue weighted by atomic mass is 19.1. The maximum absolute atomic E-state index is 13.7. The number of rotatable bonds is 1. The maximum Gasteiger partial charge on any atom is 0.136 e. The van der Waals surface area contributed by atoms with E-state index in [2.05, 4.69) is 28.0 Å². The molecule has 128 valence electrons. The van der Waals surface area contributed by atoms with Crippen molar-refractivity contribution in [1.82, 2.24) is 9.78 Å². The van der Waals surface area contributed by atoms with E-state index in [0.29, 0.717) is 11.4 Å². The van der Waals surface area contributed by atoms with Crippen molar-refractivity contribution in [3.63, 3.8) is 0 Å². The van der Waals surface area contributed by atoms with Gasteiger partial charge in [-0.15, -0.1) is 0 Å². The first-order valence-electron chi connectivity index (χ1n) is 8.33. The number of nitrogens with zero attached hydrogens (tertiary/aromatic N) is 4. The second-order valence-electron chi connectivity index (χ2n) is 5.92. The van der Waals surface area contributed by atoms with Gasteiger partial charge in [0.15, 0.2) is 0 Å². The molecule has 26 heavy (non-hydrogen) atoms. The third-order valence-electron chi connectivity index (χ3n) is 3.85. The first-order chi connectivity index (χ1) is 12.7. The molecule has 3 rings (SSSR count). The molecule has 0 fully saturated rings. The molecule has 1 aliphatic heterocycles. The summed E-state index contributed by atoms with van der Waals surface area (Å²) in [5.41, 5.74) is 3.12. The van der Waals surface area contributed by atoms with Crippen LogP contribution in [0.15, 0.2) is 53.2 Å². The lowest BCUT2D eigenvalue weighted by atomic mass is 10.1. The molecule has 1 aliphatic rings. The minimum Gasteiger partial charge on any atom is -0.264 e. The molecule has 0 saturated carbocycles. The highest BCUT2D eigenvalue weighted by Crippen LogP contribution is 2.16. The van der Waals surface area contributed by atoms with Crippen LogP contribution in [0.1, 0.15) is 36.2 Å². The Morgan fingerprint density at radius 1 is 1.19 bits per heavy atom. The Bertz CT molecular complexity index is 1010. The summed E-state index contributed by atoms with van der Waals surface area (Å²) in [5, 5.41) is 13.4. The lowest BCUT2D eigenvalue weighted by molar-refractivity contribution is 0.624. The number of aliphatic imine (C=N–C) groups is 1. The van der Waals surface area contributed by atoms with Gasteiger partial charge in [-0.25, -0.2) is 9.07 Å². The molecule has 0 radical (unpaired) electrons. The van der Waals surface area contributed by atoms with Gasteiger partial charge in [0.25, 0.3) is 0 Å². The minimum absolute atomic E-state index is 0.254. The monoisotopic (exact) mass is 344 g/mol. The van der Waals surface area contributed by atoms with Gasteiger partial charge in [-0.1, -0.05) is 12.0 Å². The Kier molecular flexibility index (Phi) is 5.41. The molecule has 4 nitrogen and oxygen atoms in total. The zero-order chi connectivity index (χ0) is 18.4. The number of aromatic nitrogens is 2. The summed E-state index contributed by atoms with van der Waals surface area (Å²) in [5.74, 6) is 5.71. The van der Waals surface area contributed by atoms with Crippen LogP contribution in [0.3, 0.4) is 0 Å². The Morgan fingerprint density at radius 3 is 2.92 bits per heavy atom. The van der Waals surface area contributed by atoms with Gasteiger partial charge in [-0.2, -0.15) is 10.4 Å². The van der Waals surface area contributed by atoms with Gasteiger partial charge in [-0.3, -0.25) is 4.99 Å². The third-order valence-corrected chi connectivity index (χ3v) is 3.85. The topological polar surface area (TPSA) is 54.0 Å². The Morgan fingerprint density at radius 2 is 2.08 bits per heavy atom. The van der Waals surface area contributed by atoms with Gasteiger partial charge in [0.2, 0.25) is 0 Å². The maximum atomic E-state index is 13.7. The van der Waals surface area contributed by atoms with Crippen molar-refractivity contribution in [2.24, 2.45) is 4.99 Å². The van der Waals surface area contributed by atoms with Crippen LogP contribution in [0.5, 0.6) is 0 Å². The molecule has 0 bridgehead atoms. The Labute approximate surface area is 152 Å². The number of benzene rings is 1. The summed E-state index contributed by atoms with van der Waals surface area (Å²) in [6, 6.07) is 7.94. The molecule has 5 heteroatoms. The van der Waals surface area contributed by atoms with Crippen molar-refractivity contribution >= 4 is 6.21 Å². The normalized spacial score (nSPS) is 18.1. The minimum atomic E-state index is -0.469. The first kappa shape index (κ1) is 17.4. The lowest BCUT2D eigenvalue weighted by Crippen LogP contribution is -2.00. The molecule has 0 spiro atoms. The van der Waals surface area contributed by atoms with E-state index in [1.807, 2.05) is 25.1 Å². The lowest BCUT2D eigenvalue weighted by Gasteiger charge is -2.04. The largest absolute Gasteiger partial charge is 0.264 e. The van der Waals surface area contributed by atoms with Crippen molar-refractivity contribution in [2.75, 3.05) is 0 Å². The quantitative estimate of drug-likeness (QED) is 0.727. The molecular formula is C21H17FN4. The molecular weight excluding hydrogens is 327 g/mol. The van der Waals surface area contributed by atoms with Crippen LogP contribution < -0.4 is 0 Å². The summed E-state index contributed by atoms with van der Waals surface area (Å²) in [6.07, 6.45) is 10.4. The fourth-order valence-electron chi connectivity index (χ4n) is 2.61. The van der Waals surface area contributed by atoms with Crippen LogP contribution in [0, 0.1) is 35.9 Å². The summed E-state index contributed by atoms with van der Waals surface area (Å²) in [7, 11) is 0. The fourth-order valence-corrected chi connectivity index (χ4v) is 2.61. The van der Waals surface area contributed by atoms with Crippen LogP contribution in [0.25, 0.3) is 5.69 Å². The zero-order valence-corrected chi connectivity index (χ0v) is 14.4. The standard InChI is InChI=1S/C21H17FN4/c1-16-10-20(8-7-17-6-4-2-3-5-9-24-15-17)25-26(16)21-12-18(14-23)11-19(22)13-21/h3,5,9-13,15H,2,4,6H2,1H3/b5-3-,17-15+,24-9+. The Balaban J connectivity index is 1.89. The molecule has 0 N–H and O–H groups in total. The fraction of sp³-hybridized carbons (Fsp3) is 0.190. The number of hydrogen-bond donors (Lipinski definition) is 0. The van der Waals surface area contributed by atoms with Crippen LogP contribution >= 0.6 is 0 Å². The van der Waals surface area contributed by atoms with Crippen molar-refractivity contribution in [1.29, 1.82) is 5.26 Å². The second-order valence-corrected chi connectivity index (χ2v) is 5.92. The summed E-state index contributed by atoms with van der Waals surface area (Å²) in [6.45, 7) is 1.87. The van der Waals surface area contributed by atoms with E-state index in [9.17, 15) is 4.39 Å². The van der Waals surface area contributed by atoms with Gasteiger partial charge in [0, 0.05) is 23.7 Å². The predicted octanol–water partition coefficient (Wildman–Crippen LogP) is 4.24. The molecule has 0 saturated heterocycles. The number of hydrogen-bond acceptors (Lipinski definition) is 3. The summed E-state index contributed by atoms with van der Waals surface area (Å²) < 4.78 is 15.3. The van der Waals surface area contributed by atoms with E-state index in [1.165, 1.54) is 12.1 Å². The molecule has 0 atom stereocenters. The first-order valence-corrected chi connectivity index (χ1v) is 8.33. The number of aryl methyl sites for hydroxylation is 1. The summed E-state index contributed by atoms with van der Waals surface area (Å²) in [4.78, 5) is 4.21. The van der Waals surface area contributed by atoms with Gasteiger partial charge in [0.05, 0.1) is 17.3 Å². The highest BCUT2D eigenvalue weighted by molar-refractivity contribution is 5.71. The highest BCUT2D eigenvalue weighted by Gasteiger charge is 2.08. The Hall–Kier alpha value is -3.44. The van der Waals surface area contributed by atoms with Crippen molar-refractivity contribution in [2.45, 2.75) is 26.2 Å². The van der Waals surface area contributed by atoms with Crippen molar-refractivity contribution in [3.8, 4) is 23.6 Å². The van der Waals surface area contributed by atoms with Crippen LogP contribution in [0.2, 0.25) is 0 Å². The molecule has 2 heterocycles. The molecule has 2 aromatic rings. The number of allylic oxidation sites excluding steroid dienone is 3. The molecule has 1 aromatic heterocycles. The van der Waals surface area contributed by atoms with E-state index < -0.39 is 5.82 Å². The van der Waals surface area contributed by atoms with E-state index in [0.717, 1.165) is 30.5 Å². The smallest absolute Gasteiger partial charge is 0.136 e. The summed E-state index contributed by atoms with van der Waals surface area (Å²) >= 11 is 0. The number of nitriles is 1. The SMILES string of the molecule is Cc1cc(C#C/C2=C/N=C/C=C\CCC2)nn1-c1cc(F)cc(C#N)c1. The average Bonchev–Trinajstić information content (AvgIpc) is 3.06. The van der Waals surface area contributed by atoms with Gasteiger partial charge < -0.3 is 0 Å². The van der Waals surface area contributed by atoms with E-state index in [-0.39, 0.29) is 5.56 Å². The molecule has 0 amide bonds. The van der Waals surface area contributed by atoms with Crippen LogP contribution in [0.4, 0.5) is 4.39 Å². The van der Waals surface area contributed by atoms with Gasteiger partial charge >= 0.3 is 0 Å². The van der Waals surface area contributed by atoms with Crippen molar-refractivity contribution < 1.29 is 4.39 Å². The van der Waals surface area contributed by atoms with Crippen molar-refractivity contribution in [3.05, 3.63) is 71.0 Å². The average molecular weight is 344 g/mol. The predicted molar refractivity (Wildman–Crippen MR) is 99.4 cm³/mol. The third kappa shape index (κ3) is 4.34. The zero-order valence-electron chi connectivity index (χ0n) is 14.4. The van der Waals surface area contributed by atoms with Gasteiger partial charge in [0.1, 0.15) is 11.5 Å². The molecule has 0 unspecified atom stereocenters. The molecule has 1 aromatic carbocycles. The number of halogens is 1. The van der Waals surface area contributed by atoms with Crippen LogP contribution in [-0.2, 0) is 0 Å². The van der Waals surface area contributed by atoms with Crippen LogP contribution in [-0.4, -0.2) is 16.0 Å². The second kappa shape index (κ2) is 8.09. The van der Waals surface area contributed by atoms with Gasteiger partial charge in [-0.05, 0) is 62.4 Å². The van der Waals surface area contributed by atoms with E-state index in [1.54, 1.807) is 23.2 Å². The van der Waals surface area contributed by atoms with E-state index >= 15 is 0 Å². The van der Waals surface area contributed by atoms with E-state index in [4.69, 9.17) is 5.26 Å². The molecule has 0 aliphatic carbocycles.